The van der Waals surface area contributed by atoms with E-state index >= 15 is 0 Å². The lowest BCUT2D eigenvalue weighted by Crippen LogP contribution is -2.13. The van der Waals surface area contributed by atoms with Gasteiger partial charge in [-0.1, -0.05) is 27.2 Å². The summed E-state index contributed by atoms with van der Waals surface area (Å²) in [6, 6.07) is 1.95. The van der Waals surface area contributed by atoms with Gasteiger partial charge in [-0.25, -0.2) is 4.79 Å². The molecular formula is C15H19F3O2S. The van der Waals surface area contributed by atoms with Gasteiger partial charge in [0.15, 0.2) is 0 Å². The Hall–Kier alpha value is -1.17. The van der Waals surface area contributed by atoms with Gasteiger partial charge in [0.1, 0.15) is 0 Å². The van der Waals surface area contributed by atoms with Crippen LogP contribution in [0.15, 0.2) is 17.0 Å². The van der Waals surface area contributed by atoms with E-state index in [-0.39, 0.29) is 16.4 Å². The molecule has 0 fully saturated rings. The van der Waals surface area contributed by atoms with Crippen LogP contribution in [0, 0.1) is 5.92 Å². The number of alkyl halides is 3. The number of benzene rings is 1. The third-order valence-corrected chi connectivity index (χ3v) is 4.45. The number of carbonyl (C=O) groups is 1. The molecule has 1 rings (SSSR count). The fourth-order valence-corrected chi connectivity index (χ4v) is 3.19. The molecule has 0 spiro atoms. The van der Waals surface area contributed by atoms with E-state index in [4.69, 9.17) is 0 Å². The topological polar surface area (TPSA) is 37.3 Å². The quantitative estimate of drug-likeness (QED) is 0.741. The van der Waals surface area contributed by atoms with E-state index in [0.29, 0.717) is 24.2 Å². The third kappa shape index (κ3) is 4.66. The number of carboxylic acid groups (broad SMARTS) is 1. The van der Waals surface area contributed by atoms with Crippen molar-refractivity contribution >= 4 is 17.7 Å². The average Bonchev–Trinajstić information content (AvgIpc) is 2.35. The second kappa shape index (κ2) is 7.20. The van der Waals surface area contributed by atoms with Crippen LogP contribution in [-0.2, 0) is 12.6 Å². The maximum absolute atomic E-state index is 13.2. The van der Waals surface area contributed by atoms with E-state index in [2.05, 4.69) is 0 Å². The molecule has 0 aliphatic rings. The van der Waals surface area contributed by atoms with Crippen LogP contribution in [0.2, 0.25) is 0 Å². The first kappa shape index (κ1) is 17.9. The number of carboxylic acids is 1. The Kier molecular flexibility index (Phi) is 6.13. The minimum Gasteiger partial charge on any atom is -0.478 e. The number of aromatic carboxylic acids is 1. The lowest BCUT2D eigenvalue weighted by molar-refractivity contribution is -0.139. The largest absolute Gasteiger partial charge is 0.478 e. The summed E-state index contributed by atoms with van der Waals surface area (Å²) in [5.74, 6) is -0.444. The second-order valence-corrected chi connectivity index (χ2v) is 6.26. The summed E-state index contributed by atoms with van der Waals surface area (Å²) in [5, 5.41) is 9.20. The zero-order valence-corrected chi connectivity index (χ0v) is 13.1. The van der Waals surface area contributed by atoms with Gasteiger partial charge in [0, 0.05) is 10.6 Å². The number of rotatable bonds is 6. The second-order valence-electron chi connectivity index (χ2n) is 5.23. The Labute approximate surface area is 126 Å². The maximum Gasteiger partial charge on any atom is 0.417 e. The highest BCUT2D eigenvalue weighted by Gasteiger charge is 2.35. The average molecular weight is 320 g/mol. The van der Waals surface area contributed by atoms with Crippen molar-refractivity contribution in [2.45, 2.75) is 44.7 Å². The predicted octanol–water partition coefficient (Wildman–Crippen LogP) is 5.10. The maximum atomic E-state index is 13.2. The molecule has 0 saturated carbocycles. The molecule has 1 aromatic carbocycles. The molecule has 0 radical (unpaired) electrons. The molecule has 0 aliphatic carbocycles. The molecular weight excluding hydrogens is 301 g/mol. The third-order valence-electron chi connectivity index (χ3n) is 2.86. The Balaban J connectivity index is 3.46. The fraction of sp³-hybridized carbons (Fsp3) is 0.533. The van der Waals surface area contributed by atoms with Gasteiger partial charge >= 0.3 is 12.1 Å². The first-order valence-corrected chi connectivity index (χ1v) is 7.76. The lowest BCUT2D eigenvalue weighted by Gasteiger charge is -2.19. The van der Waals surface area contributed by atoms with Crippen molar-refractivity contribution in [2.75, 3.05) is 5.75 Å². The number of halogens is 3. The van der Waals surface area contributed by atoms with Crippen molar-refractivity contribution in [1.82, 2.24) is 0 Å². The van der Waals surface area contributed by atoms with Crippen LogP contribution in [0.1, 0.15) is 48.7 Å². The molecule has 1 aromatic rings. The number of hydrogen-bond donors (Lipinski definition) is 1. The van der Waals surface area contributed by atoms with Gasteiger partial charge in [-0.2, -0.15) is 13.2 Å². The molecule has 6 heteroatoms. The van der Waals surface area contributed by atoms with Crippen molar-refractivity contribution in [2.24, 2.45) is 5.92 Å². The molecule has 0 saturated heterocycles. The fourth-order valence-electron chi connectivity index (χ4n) is 1.96. The molecule has 0 unspecified atom stereocenters. The van der Waals surface area contributed by atoms with Gasteiger partial charge in [0.2, 0.25) is 0 Å². The molecule has 0 aromatic heterocycles. The standard InChI is InChI=1S/C15H19F3O2S/c1-4-5-10-11(14(19)20)6-7-12(15(16,17)18)13(10)21-8-9(2)3/h6-7,9H,4-5,8H2,1-3H3,(H,19,20). The highest BCUT2D eigenvalue weighted by atomic mass is 32.2. The minimum atomic E-state index is -4.47. The molecule has 0 atom stereocenters. The van der Waals surface area contributed by atoms with Gasteiger partial charge in [0.25, 0.3) is 0 Å². The van der Waals surface area contributed by atoms with Gasteiger partial charge in [-0.3, -0.25) is 0 Å². The predicted molar refractivity (Wildman–Crippen MR) is 78.0 cm³/mol. The van der Waals surface area contributed by atoms with E-state index in [9.17, 15) is 23.1 Å². The Bertz CT molecular complexity index is 510. The summed E-state index contributed by atoms with van der Waals surface area (Å²) in [5.41, 5.74) is -0.469. The summed E-state index contributed by atoms with van der Waals surface area (Å²) < 4.78 is 39.5. The monoisotopic (exact) mass is 320 g/mol. The summed E-state index contributed by atoms with van der Waals surface area (Å²) in [6.45, 7) is 5.66. The van der Waals surface area contributed by atoms with Crippen molar-refractivity contribution in [3.8, 4) is 0 Å². The molecule has 1 N–H and O–H groups in total. The number of thioether (sulfide) groups is 1. The molecule has 21 heavy (non-hydrogen) atoms. The smallest absolute Gasteiger partial charge is 0.417 e. The Morgan fingerprint density at radius 2 is 1.95 bits per heavy atom. The van der Waals surface area contributed by atoms with Crippen molar-refractivity contribution in [3.63, 3.8) is 0 Å². The summed E-state index contributed by atoms with van der Waals surface area (Å²) >= 11 is 1.10. The van der Waals surface area contributed by atoms with Crippen LogP contribution in [0.25, 0.3) is 0 Å². The van der Waals surface area contributed by atoms with Crippen LogP contribution in [0.5, 0.6) is 0 Å². The van der Waals surface area contributed by atoms with Crippen molar-refractivity contribution in [3.05, 3.63) is 28.8 Å². The van der Waals surface area contributed by atoms with E-state index in [1.54, 1.807) is 0 Å². The Morgan fingerprint density at radius 3 is 2.38 bits per heavy atom. The van der Waals surface area contributed by atoms with E-state index in [0.717, 1.165) is 23.9 Å². The zero-order chi connectivity index (χ0) is 16.2. The molecule has 118 valence electrons. The molecule has 0 bridgehead atoms. The van der Waals surface area contributed by atoms with Gasteiger partial charge in [-0.15, -0.1) is 11.8 Å². The molecule has 0 heterocycles. The highest BCUT2D eigenvalue weighted by Crippen LogP contribution is 2.40. The summed E-state index contributed by atoms with van der Waals surface area (Å²) in [6.07, 6.45) is -3.55. The minimum absolute atomic E-state index is 0.0314. The number of hydrogen-bond acceptors (Lipinski definition) is 2. The van der Waals surface area contributed by atoms with Crippen LogP contribution in [0.4, 0.5) is 13.2 Å². The van der Waals surface area contributed by atoms with E-state index in [1.807, 2.05) is 20.8 Å². The van der Waals surface area contributed by atoms with Gasteiger partial charge in [0.05, 0.1) is 11.1 Å². The Morgan fingerprint density at radius 1 is 1.33 bits per heavy atom. The van der Waals surface area contributed by atoms with Gasteiger partial charge in [-0.05, 0) is 30.0 Å². The van der Waals surface area contributed by atoms with E-state index in [1.165, 1.54) is 0 Å². The molecule has 0 amide bonds. The first-order chi connectivity index (χ1) is 9.68. The van der Waals surface area contributed by atoms with Crippen LogP contribution >= 0.6 is 11.8 Å². The van der Waals surface area contributed by atoms with Gasteiger partial charge < -0.3 is 5.11 Å². The molecule has 0 aliphatic heterocycles. The van der Waals surface area contributed by atoms with Crippen LogP contribution < -0.4 is 0 Å². The molecule has 2 nitrogen and oxygen atoms in total. The summed E-state index contributed by atoms with van der Waals surface area (Å²) in [4.78, 5) is 11.3. The van der Waals surface area contributed by atoms with Crippen LogP contribution in [-0.4, -0.2) is 16.8 Å². The summed E-state index contributed by atoms with van der Waals surface area (Å²) in [7, 11) is 0. The van der Waals surface area contributed by atoms with Crippen molar-refractivity contribution in [1.29, 1.82) is 0 Å². The van der Waals surface area contributed by atoms with Crippen LogP contribution in [0.3, 0.4) is 0 Å². The first-order valence-electron chi connectivity index (χ1n) is 6.77. The SMILES string of the molecule is CCCc1c(C(=O)O)ccc(C(F)(F)F)c1SCC(C)C. The zero-order valence-electron chi connectivity index (χ0n) is 12.3. The normalized spacial score (nSPS) is 12.0. The van der Waals surface area contributed by atoms with E-state index < -0.39 is 17.7 Å². The lowest BCUT2D eigenvalue weighted by atomic mass is 9.99. The van der Waals surface area contributed by atoms with Crippen molar-refractivity contribution < 1.29 is 23.1 Å². The highest BCUT2D eigenvalue weighted by molar-refractivity contribution is 7.99.